The molecule has 100 valence electrons. The Balaban J connectivity index is 2.01. The van der Waals surface area contributed by atoms with Gasteiger partial charge in [0.1, 0.15) is 11.4 Å². The van der Waals surface area contributed by atoms with E-state index in [1.54, 1.807) is 19.1 Å². The van der Waals surface area contributed by atoms with Gasteiger partial charge < -0.3 is 9.26 Å². The van der Waals surface area contributed by atoms with Crippen LogP contribution in [-0.2, 0) is 4.79 Å². The van der Waals surface area contributed by atoms with E-state index in [0.29, 0.717) is 17.8 Å². The van der Waals surface area contributed by atoms with Crippen molar-refractivity contribution in [2.75, 3.05) is 0 Å². The van der Waals surface area contributed by atoms with E-state index in [2.05, 4.69) is 5.16 Å². The number of aromatic nitrogens is 1. The molecule has 1 heterocycles. The molecule has 20 heavy (non-hydrogen) atoms. The van der Waals surface area contributed by atoms with E-state index in [4.69, 9.17) is 9.26 Å². The Morgan fingerprint density at radius 2 is 2.00 bits per heavy atom. The lowest BCUT2D eigenvalue weighted by Gasteiger charge is -2.01. The second-order valence-electron chi connectivity index (χ2n) is 4.38. The fourth-order valence-electron chi connectivity index (χ4n) is 1.99. The van der Waals surface area contributed by atoms with E-state index in [-0.39, 0.29) is 5.97 Å². The average Bonchev–Trinajstić information content (AvgIpc) is 2.91. The third kappa shape index (κ3) is 2.28. The molecule has 2 aromatic carbocycles. The first kappa shape index (κ1) is 12.4. The van der Waals surface area contributed by atoms with E-state index in [1.165, 1.54) is 0 Å². The molecule has 0 saturated carbocycles. The Hall–Kier alpha value is -2.62. The van der Waals surface area contributed by atoms with Crippen LogP contribution >= 0.6 is 0 Å². The third-order valence-electron chi connectivity index (χ3n) is 3.01. The molecule has 0 atom stereocenters. The topological polar surface area (TPSA) is 52.3 Å². The molecule has 1 aromatic heterocycles. The summed E-state index contributed by atoms with van der Waals surface area (Å²) >= 11 is 0. The van der Waals surface area contributed by atoms with E-state index in [0.717, 1.165) is 16.6 Å². The lowest BCUT2D eigenvalue weighted by molar-refractivity contribution is -0.134. The van der Waals surface area contributed by atoms with E-state index in [9.17, 15) is 4.79 Å². The first-order valence-electron chi connectivity index (χ1n) is 6.43. The first-order valence-corrected chi connectivity index (χ1v) is 6.43. The Morgan fingerprint density at radius 3 is 2.75 bits per heavy atom. The fraction of sp³-hybridized carbons (Fsp3) is 0.125. The highest BCUT2D eigenvalue weighted by Crippen LogP contribution is 2.30. The summed E-state index contributed by atoms with van der Waals surface area (Å²) in [5.41, 5.74) is 2.38. The molecule has 0 saturated heterocycles. The van der Waals surface area contributed by atoms with Crippen molar-refractivity contribution in [2.24, 2.45) is 0 Å². The number of hydrogen-bond acceptors (Lipinski definition) is 4. The highest BCUT2D eigenvalue weighted by Gasteiger charge is 2.11. The maximum Gasteiger partial charge on any atom is 0.310 e. The highest BCUT2D eigenvalue weighted by molar-refractivity contribution is 5.92. The summed E-state index contributed by atoms with van der Waals surface area (Å²) in [6.45, 7) is 1.75. The minimum absolute atomic E-state index is 0.271. The smallest absolute Gasteiger partial charge is 0.310 e. The van der Waals surface area contributed by atoms with Crippen molar-refractivity contribution < 1.29 is 14.1 Å². The minimum atomic E-state index is -0.271. The molecule has 0 fully saturated rings. The molecular weight excluding hydrogens is 254 g/mol. The second-order valence-corrected chi connectivity index (χ2v) is 4.38. The second kappa shape index (κ2) is 5.17. The molecule has 0 aliphatic rings. The zero-order valence-corrected chi connectivity index (χ0v) is 11.0. The van der Waals surface area contributed by atoms with Crippen molar-refractivity contribution in [3.05, 3.63) is 48.5 Å². The van der Waals surface area contributed by atoms with Crippen molar-refractivity contribution in [1.82, 2.24) is 5.16 Å². The number of fused-ring (bicyclic) bond motifs is 1. The third-order valence-corrected chi connectivity index (χ3v) is 3.01. The van der Waals surface area contributed by atoms with Gasteiger partial charge in [-0.3, -0.25) is 4.79 Å². The molecule has 0 spiro atoms. The lowest BCUT2D eigenvalue weighted by Crippen LogP contribution is -2.05. The summed E-state index contributed by atoms with van der Waals surface area (Å²) in [6, 6.07) is 15.1. The maximum atomic E-state index is 11.3. The van der Waals surface area contributed by atoms with Crippen LogP contribution in [0.1, 0.15) is 13.3 Å². The van der Waals surface area contributed by atoms with E-state index in [1.807, 2.05) is 36.4 Å². The molecule has 0 unspecified atom stereocenters. The zero-order chi connectivity index (χ0) is 13.9. The number of nitrogens with zero attached hydrogens (tertiary/aromatic N) is 1. The number of esters is 1. The van der Waals surface area contributed by atoms with Crippen LogP contribution in [0, 0.1) is 0 Å². The summed E-state index contributed by atoms with van der Waals surface area (Å²) in [6.07, 6.45) is 0.337. The Bertz CT molecular complexity index is 747. The summed E-state index contributed by atoms with van der Waals surface area (Å²) in [5.74, 6) is 0.201. The van der Waals surface area contributed by atoms with Gasteiger partial charge >= 0.3 is 5.97 Å². The van der Waals surface area contributed by atoms with Gasteiger partial charge in [0.2, 0.25) is 0 Å². The van der Waals surface area contributed by atoms with Gasteiger partial charge in [0.25, 0.3) is 0 Å². The van der Waals surface area contributed by atoms with Gasteiger partial charge in [-0.15, -0.1) is 0 Å². The number of hydrogen-bond donors (Lipinski definition) is 0. The maximum absolute atomic E-state index is 11.3. The van der Waals surface area contributed by atoms with Crippen LogP contribution in [0.4, 0.5) is 0 Å². The number of ether oxygens (including phenoxy) is 1. The van der Waals surface area contributed by atoms with Crippen molar-refractivity contribution in [3.8, 4) is 17.0 Å². The van der Waals surface area contributed by atoms with Crippen molar-refractivity contribution in [3.63, 3.8) is 0 Å². The van der Waals surface area contributed by atoms with E-state index < -0.39 is 0 Å². The largest absolute Gasteiger partial charge is 0.426 e. The average molecular weight is 267 g/mol. The van der Waals surface area contributed by atoms with Crippen molar-refractivity contribution in [1.29, 1.82) is 0 Å². The first-order chi connectivity index (χ1) is 9.78. The number of benzene rings is 2. The minimum Gasteiger partial charge on any atom is -0.426 e. The molecule has 0 N–H and O–H groups in total. The van der Waals surface area contributed by atoms with Gasteiger partial charge in [-0.25, -0.2) is 0 Å². The van der Waals surface area contributed by atoms with Crippen LogP contribution in [-0.4, -0.2) is 11.1 Å². The van der Waals surface area contributed by atoms with Crippen molar-refractivity contribution in [2.45, 2.75) is 13.3 Å². The van der Waals surface area contributed by atoms with Gasteiger partial charge in [0.15, 0.2) is 5.58 Å². The van der Waals surface area contributed by atoms with Crippen LogP contribution in [0.2, 0.25) is 0 Å². The SMILES string of the molecule is CCC(=O)Oc1ccc2c(-c3ccccc3)noc2c1. The summed E-state index contributed by atoms with van der Waals surface area (Å²) in [5, 5.41) is 4.99. The molecule has 0 radical (unpaired) electrons. The molecule has 0 aliphatic heterocycles. The lowest BCUT2D eigenvalue weighted by atomic mass is 10.1. The van der Waals surface area contributed by atoms with Crippen LogP contribution in [0.25, 0.3) is 22.2 Å². The molecule has 4 nitrogen and oxygen atoms in total. The van der Waals surface area contributed by atoms with Crippen LogP contribution in [0.3, 0.4) is 0 Å². The molecule has 4 heteroatoms. The summed E-state index contributed by atoms with van der Waals surface area (Å²) in [7, 11) is 0. The molecule has 0 amide bonds. The number of carbonyl (C=O) groups is 1. The van der Waals surface area contributed by atoms with Crippen LogP contribution in [0.5, 0.6) is 5.75 Å². The summed E-state index contributed by atoms with van der Waals surface area (Å²) < 4.78 is 10.5. The Morgan fingerprint density at radius 1 is 1.20 bits per heavy atom. The highest BCUT2D eigenvalue weighted by atomic mass is 16.5. The number of carbonyl (C=O) groups excluding carboxylic acids is 1. The summed E-state index contributed by atoms with van der Waals surface area (Å²) in [4.78, 5) is 11.3. The van der Waals surface area contributed by atoms with Crippen LogP contribution in [0.15, 0.2) is 53.1 Å². The number of rotatable bonds is 3. The van der Waals surface area contributed by atoms with Gasteiger partial charge in [0.05, 0.1) is 0 Å². The van der Waals surface area contributed by atoms with Gasteiger partial charge in [0, 0.05) is 23.4 Å². The molecule has 3 rings (SSSR count). The zero-order valence-electron chi connectivity index (χ0n) is 11.0. The quantitative estimate of drug-likeness (QED) is 0.535. The monoisotopic (exact) mass is 267 g/mol. The predicted octanol–water partition coefficient (Wildman–Crippen LogP) is 3.81. The standard InChI is InChI=1S/C16H13NO3/c1-2-15(18)19-12-8-9-13-14(10-12)20-17-16(13)11-6-4-3-5-7-11/h3-10H,2H2,1H3. The molecule has 0 aliphatic carbocycles. The Labute approximate surface area is 116 Å². The van der Waals surface area contributed by atoms with Gasteiger partial charge in [-0.2, -0.15) is 0 Å². The van der Waals surface area contributed by atoms with E-state index >= 15 is 0 Å². The Kier molecular flexibility index (Phi) is 3.21. The predicted molar refractivity (Wildman–Crippen MR) is 75.4 cm³/mol. The van der Waals surface area contributed by atoms with Gasteiger partial charge in [-0.05, 0) is 12.1 Å². The van der Waals surface area contributed by atoms with Gasteiger partial charge in [-0.1, -0.05) is 42.4 Å². The van der Waals surface area contributed by atoms with Crippen molar-refractivity contribution >= 4 is 16.9 Å². The molecule has 3 aromatic rings. The van der Waals surface area contributed by atoms with Crippen LogP contribution < -0.4 is 4.74 Å². The normalized spacial score (nSPS) is 10.7. The molecule has 0 bridgehead atoms. The molecular formula is C16H13NO3. The fourth-order valence-corrected chi connectivity index (χ4v) is 1.99.